The molecule has 0 bridgehead atoms. The SMILES string of the molecule is C[C@@H](O)[C@H]1C(=O)N2C(C(=O)OCC[Si](C)(C)C)=C(c3ccc(N)cc3)S[C@H]12. The fraction of sp³-hybridized carbons (Fsp3) is 0.474. The topological polar surface area (TPSA) is 92.9 Å². The molecule has 2 aliphatic rings. The van der Waals surface area contributed by atoms with Crippen molar-refractivity contribution >= 4 is 42.3 Å². The number of esters is 1. The van der Waals surface area contributed by atoms with Crippen molar-refractivity contribution in [3.05, 3.63) is 35.5 Å². The number of amides is 1. The summed E-state index contributed by atoms with van der Waals surface area (Å²) >= 11 is 1.43. The van der Waals surface area contributed by atoms with Crippen LogP contribution >= 0.6 is 11.8 Å². The average Bonchev–Trinajstić information content (AvgIpc) is 2.89. The van der Waals surface area contributed by atoms with E-state index in [-0.39, 0.29) is 17.0 Å². The number of hydrogen-bond donors (Lipinski definition) is 2. The summed E-state index contributed by atoms with van der Waals surface area (Å²) in [6, 6.07) is 8.06. The van der Waals surface area contributed by atoms with E-state index >= 15 is 0 Å². The summed E-state index contributed by atoms with van der Waals surface area (Å²) in [6.07, 6.45) is -0.763. The second-order valence-corrected chi connectivity index (χ2v) is 15.0. The molecule has 2 heterocycles. The van der Waals surface area contributed by atoms with Gasteiger partial charge in [-0.15, -0.1) is 0 Å². The molecule has 1 aromatic carbocycles. The van der Waals surface area contributed by atoms with Gasteiger partial charge in [0.15, 0.2) is 0 Å². The fourth-order valence-corrected chi connectivity index (χ4v) is 5.46. The molecule has 6 nitrogen and oxygen atoms in total. The van der Waals surface area contributed by atoms with Gasteiger partial charge in [0.05, 0.1) is 18.6 Å². The quantitative estimate of drug-likeness (QED) is 0.327. The molecule has 1 aromatic rings. The Balaban J connectivity index is 1.89. The number of carbonyl (C=O) groups excluding carboxylic acids is 2. The first-order valence-corrected chi connectivity index (χ1v) is 13.6. The molecule has 0 aliphatic carbocycles. The van der Waals surface area contributed by atoms with Crippen molar-refractivity contribution in [1.29, 1.82) is 0 Å². The van der Waals surface area contributed by atoms with Crippen molar-refractivity contribution in [3.63, 3.8) is 0 Å². The highest BCUT2D eigenvalue weighted by atomic mass is 32.2. The molecule has 1 fully saturated rings. The molecule has 2 aliphatic heterocycles. The van der Waals surface area contributed by atoms with E-state index in [1.165, 1.54) is 16.7 Å². The van der Waals surface area contributed by atoms with Crippen LogP contribution in [-0.4, -0.2) is 48.0 Å². The number of anilines is 1. The number of thioether (sulfide) groups is 1. The van der Waals surface area contributed by atoms with Crippen LogP contribution in [0.15, 0.2) is 30.0 Å². The van der Waals surface area contributed by atoms with Gasteiger partial charge in [0.25, 0.3) is 0 Å². The number of aliphatic hydroxyl groups is 1. The van der Waals surface area contributed by atoms with E-state index in [1.54, 1.807) is 19.1 Å². The molecule has 1 saturated heterocycles. The largest absolute Gasteiger partial charge is 0.461 e. The van der Waals surface area contributed by atoms with Crippen molar-refractivity contribution in [2.45, 2.75) is 44.1 Å². The Hall–Kier alpha value is -1.77. The van der Waals surface area contributed by atoms with Crippen LogP contribution in [0.25, 0.3) is 4.91 Å². The number of hydrogen-bond acceptors (Lipinski definition) is 6. The molecule has 0 radical (unpaired) electrons. The standard InChI is InChI=1S/C19H26N2O4SSi/c1-11(22)14-17(23)21-15(19(24)25-9-10-27(2,3)4)16(26-18(14)21)12-5-7-13(20)8-6-12/h5-8,11,14,18,22H,9-10,20H2,1-4H3/t11-,14+,18-/m1/s1. The lowest BCUT2D eigenvalue weighted by molar-refractivity contribution is -0.158. The highest BCUT2D eigenvalue weighted by molar-refractivity contribution is 8.09. The van der Waals surface area contributed by atoms with E-state index in [1.807, 2.05) is 12.1 Å². The van der Waals surface area contributed by atoms with Gasteiger partial charge in [-0.05, 0) is 30.7 Å². The Morgan fingerprint density at radius 2 is 1.96 bits per heavy atom. The van der Waals surface area contributed by atoms with Crippen LogP contribution in [0.5, 0.6) is 0 Å². The van der Waals surface area contributed by atoms with E-state index in [0.29, 0.717) is 17.2 Å². The highest BCUT2D eigenvalue weighted by Crippen LogP contribution is 2.54. The summed E-state index contributed by atoms with van der Waals surface area (Å²) in [5.41, 5.74) is 7.50. The van der Waals surface area contributed by atoms with Crippen molar-refractivity contribution in [1.82, 2.24) is 4.90 Å². The third kappa shape index (κ3) is 3.92. The van der Waals surface area contributed by atoms with Crippen molar-refractivity contribution in [2.24, 2.45) is 5.92 Å². The van der Waals surface area contributed by atoms with Gasteiger partial charge >= 0.3 is 5.97 Å². The molecule has 0 spiro atoms. The molecule has 8 heteroatoms. The number of nitrogens with zero attached hydrogens (tertiary/aromatic N) is 1. The van der Waals surface area contributed by atoms with Crippen LogP contribution < -0.4 is 5.73 Å². The van der Waals surface area contributed by atoms with E-state index < -0.39 is 26.1 Å². The molecule has 0 saturated carbocycles. The van der Waals surface area contributed by atoms with Gasteiger partial charge in [-0.2, -0.15) is 0 Å². The normalized spacial score (nSPS) is 23.1. The lowest BCUT2D eigenvalue weighted by atomic mass is 9.92. The lowest BCUT2D eigenvalue weighted by Crippen LogP contribution is -2.60. The third-order valence-corrected chi connectivity index (χ3v) is 7.86. The zero-order valence-electron chi connectivity index (χ0n) is 16.1. The van der Waals surface area contributed by atoms with Gasteiger partial charge in [-0.3, -0.25) is 9.69 Å². The first-order valence-electron chi connectivity index (χ1n) is 9.05. The molecule has 1 amide bonds. The maximum Gasteiger partial charge on any atom is 0.356 e. The number of carbonyl (C=O) groups is 2. The highest BCUT2D eigenvalue weighted by Gasteiger charge is 2.58. The van der Waals surface area contributed by atoms with Crippen LogP contribution in [0.2, 0.25) is 25.7 Å². The van der Waals surface area contributed by atoms with Crippen LogP contribution in [0.1, 0.15) is 12.5 Å². The monoisotopic (exact) mass is 406 g/mol. The van der Waals surface area contributed by atoms with Crippen LogP contribution in [0.4, 0.5) is 5.69 Å². The van der Waals surface area contributed by atoms with Crippen LogP contribution in [-0.2, 0) is 14.3 Å². The molecule has 3 N–H and O–H groups in total. The minimum atomic E-state index is -1.33. The minimum Gasteiger partial charge on any atom is -0.461 e. The molecule has 27 heavy (non-hydrogen) atoms. The van der Waals surface area contributed by atoms with Gasteiger partial charge in [-0.25, -0.2) is 4.79 Å². The predicted octanol–water partition coefficient (Wildman–Crippen LogP) is 2.73. The summed E-state index contributed by atoms with van der Waals surface area (Å²) in [5, 5.41) is 9.66. The van der Waals surface area contributed by atoms with Crippen molar-refractivity contribution in [2.75, 3.05) is 12.3 Å². The van der Waals surface area contributed by atoms with Gasteiger partial charge in [0.2, 0.25) is 5.91 Å². The summed E-state index contributed by atoms with van der Waals surface area (Å²) in [5.74, 6) is -1.22. The van der Waals surface area contributed by atoms with E-state index in [2.05, 4.69) is 19.6 Å². The predicted molar refractivity (Wildman–Crippen MR) is 110 cm³/mol. The number of benzene rings is 1. The molecular formula is C19H26N2O4SSi. The Bertz CT molecular complexity index is 786. The van der Waals surface area contributed by atoms with Gasteiger partial charge < -0.3 is 15.6 Å². The maximum atomic E-state index is 12.8. The van der Waals surface area contributed by atoms with Gasteiger partial charge in [0, 0.05) is 18.7 Å². The summed E-state index contributed by atoms with van der Waals surface area (Å²) < 4.78 is 5.52. The summed E-state index contributed by atoms with van der Waals surface area (Å²) in [4.78, 5) is 27.6. The van der Waals surface area contributed by atoms with Crippen LogP contribution in [0, 0.1) is 5.92 Å². The fourth-order valence-electron chi connectivity index (χ4n) is 3.13. The molecule has 3 atom stereocenters. The van der Waals surface area contributed by atoms with Crippen molar-refractivity contribution < 1.29 is 19.4 Å². The van der Waals surface area contributed by atoms with Crippen LogP contribution in [0.3, 0.4) is 0 Å². The first kappa shape index (κ1) is 20.0. The number of ether oxygens (including phenoxy) is 1. The maximum absolute atomic E-state index is 12.8. The molecule has 0 unspecified atom stereocenters. The van der Waals surface area contributed by atoms with E-state index in [0.717, 1.165) is 11.6 Å². The number of aliphatic hydroxyl groups excluding tert-OH is 1. The number of β-lactam (4-membered cyclic amide) rings is 1. The smallest absolute Gasteiger partial charge is 0.356 e. The van der Waals surface area contributed by atoms with Gasteiger partial charge in [0.1, 0.15) is 11.1 Å². The zero-order chi connectivity index (χ0) is 19.9. The molecular weight excluding hydrogens is 380 g/mol. The molecule has 146 valence electrons. The summed E-state index contributed by atoms with van der Waals surface area (Å²) in [7, 11) is -1.33. The zero-order valence-corrected chi connectivity index (χ0v) is 17.9. The number of fused-ring (bicyclic) bond motifs is 1. The second kappa shape index (κ2) is 7.33. The molecule has 3 rings (SSSR count). The second-order valence-electron chi connectivity index (χ2n) is 8.23. The summed E-state index contributed by atoms with van der Waals surface area (Å²) in [6.45, 7) is 8.60. The first-order chi connectivity index (χ1) is 12.6. The number of rotatable bonds is 6. The average molecular weight is 407 g/mol. The van der Waals surface area contributed by atoms with E-state index in [9.17, 15) is 14.7 Å². The van der Waals surface area contributed by atoms with E-state index in [4.69, 9.17) is 10.5 Å². The van der Waals surface area contributed by atoms with Gasteiger partial charge in [-0.1, -0.05) is 43.5 Å². The minimum absolute atomic E-state index is 0.231. The Kier molecular flexibility index (Phi) is 5.42. The molecule has 0 aromatic heterocycles. The van der Waals surface area contributed by atoms with Crippen molar-refractivity contribution in [3.8, 4) is 0 Å². The number of nitrogens with two attached hydrogens (primary N) is 1. The lowest BCUT2D eigenvalue weighted by Gasteiger charge is -2.43. The number of nitrogen functional groups attached to an aromatic ring is 1. The Morgan fingerprint density at radius 3 is 2.52 bits per heavy atom. The third-order valence-electron chi connectivity index (χ3n) is 4.75. The Labute approximate surface area is 164 Å². The Morgan fingerprint density at radius 1 is 1.33 bits per heavy atom.